The quantitative estimate of drug-likeness (QED) is 0.867. The van der Waals surface area contributed by atoms with Crippen LogP contribution in [0.1, 0.15) is 62.7 Å². The molecule has 0 spiro atoms. The summed E-state index contributed by atoms with van der Waals surface area (Å²) in [7, 11) is 0. The average Bonchev–Trinajstić information content (AvgIpc) is 3.10. The van der Waals surface area contributed by atoms with E-state index in [1.165, 1.54) is 49.4 Å². The first kappa shape index (κ1) is 12.2. The zero-order valence-electron chi connectivity index (χ0n) is 11.7. The highest BCUT2D eigenvalue weighted by Gasteiger charge is 2.23. The van der Waals surface area contributed by atoms with Gasteiger partial charge >= 0.3 is 0 Å². The average molecular weight is 247 g/mol. The van der Waals surface area contributed by atoms with Gasteiger partial charge < -0.3 is 9.88 Å². The minimum absolute atomic E-state index is 0.538. The summed E-state index contributed by atoms with van der Waals surface area (Å²) in [5.41, 5.74) is 2.81. The molecule has 3 heteroatoms. The van der Waals surface area contributed by atoms with Crippen molar-refractivity contribution in [3.8, 4) is 0 Å². The lowest BCUT2D eigenvalue weighted by Crippen LogP contribution is -2.25. The normalized spacial score (nSPS) is 19.3. The molecule has 1 aliphatic carbocycles. The van der Waals surface area contributed by atoms with Crippen molar-refractivity contribution >= 4 is 0 Å². The first-order chi connectivity index (χ1) is 8.75. The van der Waals surface area contributed by atoms with E-state index in [1.54, 1.807) is 0 Å². The van der Waals surface area contributed by atoms with E-state index < -0.39 is 0 Å². The lowest BCUT2D eigenvalue weighted by molar-refractivity contribution is 0.522. The van der Waals surface area contributed by atoms with Crippen molar-refractivity contribution in [2.75, 3.05) is 6.54 Å². The van der Waals surface area contributed by atoms with E-state index in [9.17, 15) is 0 Å². The third kappa shape index (κ3) is 2.46. The molecule has 0 amide bonds. The largest absolute Gasteiger partial charge is 0.331 e. The van der Waals surface area contributed by atoms with Gasteiger partial charge in [0, 0.05) is 37.7 Å². The maximum absolute atomic E-state index is 4.86. The van der Waals surface area contributed by atoms with Crippen molar-refractivity contribution < 1.29 is 0 Å². The minimum Gasteiger partial charge on any atom is -0.331 e. The molecule has 3 rings (SSSR count). The number of imidazole rings is 1. The summed E-state index contributed by atoms with van der Waals surface area (Å²) in [5.74, 6) is 2.89. The van der Waals surface area contributed by atoms with Crippen molar-refractivity contribution in [1.29, 1.82) is 0 Å². The number of fused-ring (bicyclic) bond motifs is 1. The molecule has 1 N–H and O–H groups in total. The van der Waals surface area contributed by atoms with Crippen molar-refractivity contribution in [2.24, 2.45) is 5.92 Å². The van der Waals surface area contributed by atoms with Gasteiger partial charge in [0.25, 0.3) is 0 Å². The minimum atomic E-state index is 0.538. The zero-order chi connectivity index (χ0) is 12.5. The molecule has 1 saturated carbocycles. The fourth-order valence-electron chi connectivity index (χ4n) is 3.03. The molecule has 0 radical (unpaired) electrons. The van der Waals surface area contributed by atoms with E-state index in [-0.39, 0.29) is 0 Å². The van der Waals surface area contributed by atoms with E-state index in [4.69, 9.17) is 4.98 Å². The van der Waals surface area contributed by atoms with Crippen molar-refractivity contribution in [1.82, 2.24) is 14.9 Å². The highest BCUT2D eigenvalue weighted by Crippen LogP contribution is 2.34. The second-order valence-electron chi connectivity index (χ2n) is 6.18. The SMILES string of the molecule is CC(C)c1nc2c(n1CCCC1CC1)CCNC2. The molecule has 0 atom stereocenters. The van der Waals surface area contributed by atoms with E-state index in [1.807, 2.05) is 0 Å². The second-order valence-corrected chi connectivity index (χ2v) is 6.18. The van der Waals surface area contributed by atoms with E-state index in [0.717, 1.165) is 25.4 Å². The van der Waals surface area contributed by atoms with Crippen LogP contribution >= 0.6 is 0 Å². The predicted molar refractivity (Wildman–Crippen MR) is 73.7 cm³/mol. The van der Waals surface area contributed by atoms with E-state index in [2.05, 4.69) is 23.7 Å². The van der Waals surface area contributed by atoms with E-state index in [0.29, 0.717) is 5.92 Å². The molecule has 0 bridgehead atoms. The van der Waals surface area contributed by atoms with Gasteiger partial charge in [-0.15, -0.1) is 0 Å². The Morgan fingerprint density at radius 3 is 2.94 bits per heavy atom. The van der Waals surface area contributed by atoms with Gasteiger partial charge in [0.15, 0.2) is 0 Å². The zero-order valence-corrected chi connectivity index (χ0v) is 11.7. The summed E-state index contributed by atoms with van der Waals surface area (Å²) in [6.07, 6.45) is 6.85. The monoisotopic (exact) mass is 247 g/mol. The van der Waals surface area contributed by atoms with Gasteiger partial charge in [-0.05, 0) is 18.8 Å². The van der Waals surface area contributed by atoms with Gasteiger partial charge in [0.2, 0.25) is 0 Å². The molecule has 1 aromatic rings. The van der Waals surface area contributed by atoms with Gasteiger partial charge in [-0.3, -0.25) is 0 Å². The van der Waals surface area contributed by atoms with Crippen LogP contribution in [-0.2, 0) is 19.5 Å². The fraction of sp³-hybridized carbons (Fsp3) is 0.800. The molecule has 1 aromatic heterocycles. The Morgan fingerprint density at radius 2 is 2.22 bits per heavy atom. The van der Waals surface area contributed by atoms with E-state index >= 15 is 0 Å². The number of rotatable bonds is 5. The number of nitrogens with one attached hydrogen (secondary N) is 1. The summed E-state index contributed by atoms with van der Waals surface area (Å²) in [5, 5.41) is 3.43. The van der Waals surface area contributed by atoms with Gasteiger partial charge in [-0.2, -0.15) is 0 Å². The Bertz CT molecular complexity index is 416. The lowest BCUT2D eigenvalue weighted by Gasteiger charge is -2.17. The molecular formula is C15H25N3. The molecule has 2 aliphatic rings. The van der Waals surface area contributed by atoms with Gasteiger partial charge in [-0.25, -0.2) is 4.98 Å². The Balaban J connectivity index is 1.77. The molecule has 1 fully saturated rings. The third-order valence-electron chi connectivity index (χ3n) is 4.22. The number of nitrogens with zero attached hydrogens (tertiary/aromatic N) is 2. The third-order valence-corrected chi connectivity index (χ3v) is 4.22. The van der Waals surface area contributed by atoms with Crippen LogP contribution in [0.5, 0.6) is 0 Å². The molecule has 0 saturated heterocycles. The molecule has 3 nitrogen and oxygen atoms in total. The van der Waals surface area contributed by atoms with Gasteiger partial charge in [-0.1, -0.05) is 26.7 Å². The van der Waals surface area contributed by atoms with Crippen LogP contribution in [-0.4, -0.2) is 16.1 Å². The van der Waals surface area contributed by atoms with Crippen molar-refractivity contribution in [3.05, 3.63) is 17.2 Å². The highest BCUT2D eigenvalue weighted by molar-refractivity contribution is 5.21. The Labute approximate surface area is 110 Å². The second kappa shape index (κ2) is 5.04. The Morgan fingerprint density at radius 1 is 1.39 bits per heavy atom. The van der Waals surface area contributed by atoms with Crippen LogP contribution in [0.2, 0.25) is 0 Å². The number of aromatic nitrogens is 2. The summed E-state index contributed by atoms with van der Waals surface area (Å²) in [4.78, 5) is 4.86. The van der Waals surface area contributed by atoms with Crippen molar-refractivity contribution in [2.45, 2.75) is 65.0 Å². The maximum Gasteiger partial charge on any atom is 0.111 e. The molecule has 0 aromatic carbocycles. The van der Waals surface area contributed by atoms with Gasteiger partial charge in [0.05, 0.1) is 5.69 Å². The topological polar surface area (TPSA) is 29.9 Å². The van der Waals surface area contributed by atoms with Crippen LogP contribution in [0.15, 0.2) is 0 Å². The summed E-state index contributed by atoms with van der Waals surface area (Å²) in [6.45, 7) is 7.78. The molecule has 100 valence electrons. The first-order valence-electron chi connectivity index (χ1n) is 7.54. The Kier molecular flexibility index (Phi) is 3.42. The van der Waals surface area contributed by atoms with Crippen LogP contribution < -0.4 is 5.32 Å². The van der Waals surface area contributed by atoms with Crippen LogP contribution in [0, 0.1) is 5.92 Å². The maximum atomic E-state index is 4.86. The number of hydrogen-bond acceptors (Lipinski definition) is 2. The molecule has 0 unspecified atom stereocenters. The van der Waals surface area contributed by atoms with Crippen molar-refractivity contribution in [3.63, 3.8) is 0 Å². The smallest absolute Gasteiger partial charge is 0.111 e. The standard InChI is InChI=1S/C15H25N3/c1-11(2)15-17-13-10-16-8-7-14(13)18(15)9-3-4-12-5-6-12/h11-12,16H,3-10H2,1-2H3. The summed E-state index contributed by atoms with van der Waals surface area (Å²) < 4.78 is 2.53. The first-order valence-corrected chi connectivity index (χ1v) is 7.54. The molecule has 2 heterocycles. The summed E-state index contributed by atoms with van der Waals surface area (Å²) >= 11 is 0. The van der Waals surface area contributed by atoms with Crippen LogP contribution in [0.3, 0.4) is 0 Å². The molecule has 1 aliphatic heterocycles. The predicted octanol–water partition coefficient (Wildman–Crippen LogP) is 2.84. The molecule has 18 heavy (non-hydrogen) atoms. The Hall–Kier alpha value is -0.830. The number of hydrogen-bond donors (Lipinski definition) is 1. The summed E-state index contributed by atoms with van der Waals surface area (Å²) in [6, 6.07) is 0. The van der Waals surface area contributed by atoms with Crippen LogP contribution in [0.4, 0.5) is 0 Å². The van der Waals surface area contributed by atoms with Gasteiger partial charge in [0.1, 0.15) is 5.82 Å². The fourth-order valence-corrected chi connectivity index (χ4v) is 3.03. The lowest BCUT2D eigenvalue weighted by atomic mass is 10.1. The highest BCUT2D eigenvalue weighted by atomic mass is 15.1. The molecular weight excluding hydrogens is 222 g/mol. The van der Waals surface area contributed by atoms with Crippen LogP contribution in [0.25, 0.3) is 0 Å².